The van der Waals surface area contributed by atoms with Crippen molar-refractivity contribution in [3.8, 4) is 0 Å². The molecule has 0 aromatic carbocycles. The second-order valence-corrected chi connectivity index (χ2v) is 6.77. The zero-order chi connectivity index (χ0) is 13.8. The highest BCUT2D eigenvalue weighted by atomic mass is 15.3. The molecule has 2 fully saturated rings. The summed E-state index contributed by atoms with van der Waals surface area (Å²) in [5.41, 5.74) is 0. The molecule has 2 heteroatoms. The van der Waals surface area contributed by atoms with Crippen LogP contribution in [0.2, 0.25) is 0 Å². The average Bonchev–Trinajstić information content (AvgIpc) is 2.69. The molecule has 3 unspecified atom stereocenters. The van der Waals surface area contributed by atoms with Crippen molar-refractivity contribution in [1.29, 1.82) is 0 Å². The lowest BCUT2D eigenvalue weighted by Crippen LogP contribution is -2.54. The molecule has 112 valence electrons. The molecule has 0 amide bonds. The minimum Gasteiger partial charge on any atom is -0.314 e. The SMILES string of the molecule is CCCNC1CC2CCC(C1)N2C(C)C(CC)CC. The molecule has 19 heavy (non-hydrogen) atoms. The van der Waals surface area contributed by atoms with Gasteiger partial charge in [-0.05, 0) is 51.5 Å². The van der Waals surface area contributed by atoms with E-state index in [1.54, 1.807) is 0 Å². The summed E-state index contributed by atoms with van der Waals surface area (Å²) in [7, 11) is 0. The van der Waals surface area contributed by atoms with E-state index in [0.29, 0.717) is 0 Å². The molecule has 0 spiro atoms. The third-order valence-corrected chi connectivity index (χ3v) is 5.67. The highest BCUT2D eigenvalue weighted by Gasteiger charge is 2.43. The van der Waals surface area contributed by atoms with Gasteiger partial charge in [0.05, 0.1) is 0 Å². The first-order chi connectivity index (χ1) is 9.21. The van der Waals surface area contributed by atoms with Crippen LogP contribution in [0, 0.1) is 5.92 Å². The number of rotatable bonds is 7. The lowest BCUT2D eigenvalue weighted by molar-refractivity contribution is 0.0471. The van der Waals surface area contributed by atoms with Crippen molar-refractivity contribution in [3.63, 3.8) is 0 Å². The quantitative estimate of drug-likeness (QED) is 0.754. The van der Waals surface area contributed by atoms with Crippen molar-refractivity contribution in [2.45, 2.75) is 96.8 Å². The van der Waals surface area contributed by atoms with E-state index in [0.717, 1.165) is 30.1 Å². The summed E-state index contributed by atoms with van der Waals surface area (Å²) < 4.78 is 0. The number of hydrogen-bond acceptors (Lipinski definition) is 2. The third kappa shape index (κ3) is 3.33. The molecule has 2 saturated heterocycles. The van der Waals surface area contributed by atoms with E-state index in [-0.39, 0.29) is 0 Å². The largest absolute Gasteiger partial charge is 0.314 e. The number of nitrogens with one attached hydrogen (secondary N) is 1. The van der Waals surface area contributed by atoms with Crippen molar-refractivity contribution in [2.75, 3.05) is 6.54 Å². The highest BCUT2D eigenvalue weighted by molar-refractivity contribution is 5.00. The van der Waals surface area contributed by atoms with Crippen LogP contribution < -0.4 is 5.32 Å². The summed E-state index contributed by atoms with van der Waals surface area (Å²) in [6.45, 7) is 10.7. The topological polar surface area (TPSA) is 15.3 Å². The van der Waals surface area contributed by atoms with Crippen LogP contribution in [0.4, 0.5) is 0 Å². The Balaban J connectivity index is 1.94. The smallest absolute Gasteiger partial charge is 0.0116 e. The monoisotopic (exact) mass is 266 g/mol. The minimum absolute atomic E-state index is 0.791. The average molecular weight is 266 g/mol. The molecule has 0 aliphatic carbocycles. The van der Waals surface area contributed by atoms with Gasteiger partial charge < -0.3 is 5.32 Å². The molecule has 2 aliphatic rings. The van der Waals surface area contributed by atoms with Crippen molar-refractivity contribution < 1.29 is 0 Å². The van der Waals surface area contributed by atoms with Crippen LogP contribution in [0.25, 0.3) is 0 Å². The Morgan fingerprint density at radius 3 is 2.11 bits per heavy atom. The minimum atomic E-state index is 0.791. The highest BCUT2D eigenvalue weighted by Crippen LogP contribution is 2.39. The zero-order valence-electron chi connectivity index (χ0n) is 13.5. The molecule has 1 N–H and O–H groups in total. The summed E-state index contributed by atoms with van der Waals surface area (Å²) in [5, 5.41) is 3.76. The third-order valence-electron chi connectivity index (χ3n) is 5.67. The fourth-order valence-electron chi connectivity index (χ4n) is 4.61. The molecule has 0 saturated carbocycles. The van der Waals surface area contributed by atoms with E-state index in [4.69, 9.17) is 0 Å². The maximum Gasteiger partial charge on any atom is 0.0116 e. The van der Waals surface area contributed by atoms with Gasteiger partial charge in [-0.3, -0.25) is 4.90 Å². The van der Waals surface area contributed by atoms with Crippen LogP contribution >= 0.6 is 0 Å². The molecule has 0 aromatic heterocycles. The van der Waals surface area contributed by atoms with Gasteiger partial charge in [-0.25, -0.2) is 0 Å². The van der Waals surface area contributed by atoms with Crippen molar-refractivity contribution in [2.24, 2.45) is 5.92 Å². The molecule has 2 heterocycles. The molecule has 2 rings (SSSR count). The molecule has 3 atom stereocenters. The van der Waals surface area contributed by atoms with Crippen LogP contribution in [0.3, 0.4) is 0 Å². The standard InChI is InChI=1S/C17H34N2/c1-5-10-18-15-11-16-8-9-17(12-15)19(16)13(4)14(6-2)7-3/h13-18H,5-12H2,1-4H3. The Morgan fingerprint density at radius 2 is 1.63 bits per heavy atom. The van der Waals surface area contributed by atoms with Crippen LogP contribution in [0.5, 0.6) is 0 Å². The molecule has 2 nitrogen and oxygen atoms in total. The van der Waals surface area contributed by atoms with Gasteiger partial charge in [-0.2, -0.15) is 0 Å². The Bertz CT molecular complexity index is 248. The van der Waals surface area contributed by atoms with Gasteiger partial charge >= 0.3 is 0 Å². The van der Waals surface area contributed by atoms with Crippen LogP contribution in [0.1, 0.15) is 72.6 Å². The summed E-state index contributed by atoms with van der Waals surface area (Å²) in [5.74, 6) is 0.892. The maximum absolute atomic E-state index is 3.76. The molecular formula is C17H34N2. The Hall–Kier alpha value is -0.0800. The Labute approximate surface area is 120 Å². The summed E-state index contributed by atoms with van der Waals surface area (Å²) >= 11 is 0. The van der Waals surface area contributed by atoms with Crippen LogP contribution in [0.15, 0.2) is 0 Å². The summed E-state index contributed by atoms with van der Waals surface area (Å²) in [6.07, 6.45) is 9.61. The first-order valence-corrected chi connectivity index (χ1v) is 8.71. The van der Waals surface area contributed by atoms with Crippen molar-refractivity contribution in [1.82, 2.24) is 10.2 Å². The lowest BCUT2D eigenvalue weighted by atomic mass is 9.89. The molecule has 2 aliphatic heterocycles. The van der Waals surface area contributed by atoms with Gasteiger partial charge in [-0.15, -0.1) is 0 Å². The molecule has 0 aromatic rings. The van der Waals surface area contributed by atoms with Gasteiger partial charge in [-0.1, -0.05) is 33.6 Å². The van der Waals surface area contributed by atoms with Crippen LogP contribution in [-0.2, 0) is 0 Å². The fourth-order valence-corrected chi connectivity index (χ4v) is 4.61. The van der Waals surface area contributed by atoms with Gasteiger partial charge in [0.1, 0.15) is 0 Å². The van der Waals surface area contributed by atoms with E-state index < -0.39 is 0 Å². The van der Waals surface area contributed by atoms with E-state index >= 15 is 0 Å². The number of piperidine rings is 1. The Kier molecular flexibility index (Phi) is 5.70. The molecule has 2 bridgehead atoms. The van der Waals surface area contributed by atoms with E-state index in [9.17, 15) is 0 Å². The normalized spacial score (nSPS) is 33.0. The maximum atomic E-state index is 3.76. The summed E-state index contributed by atoms with van der Waals surface area (Å²) in [6, 6.07) is 3.31. The second-order valence-electron chi connectivity index (χ2n) is 6.77. The first kappa shape index (κ1) is 15.3. The van der Waals surface area contributed by atoms with Gasteiger partial charge in [0.25, 0.3) is 0 Å². The predicted octanol–water partition coefficient (Wildman–Crippen LogP) is 3.81. The van der Waals surface area contributed by atoms with Gasteiger partial charge in [0.15, 0.2) is 0 Å². The van der Waals surface area contributed by atoms with Gasteiger partial charge in [0, 0.05) is 24.2 Å². The number of hydrogen-bond donors (Lipinski definition) is 1. The van der Waals surface area contributed by atoms with Crippen molar-refractivity contribution in [3.05, 3.63) is 0 Å². The lowest BCUT2D eigenvalue weighted by Gasteiger charge is -2.45. The molecule has 0 radical (unpaired) electrons. The van der Waals surface area contributed by atoms with E-state index in [1.807, 2.05) is 0 Å². The Morgan fingerprint density at radius 1 is 1.05 bits per heavy atom. The van der Waals surface area contributed by atoms with Crippen LogP contribution in [-0.4, -0.2) is 35.6 Å². The van der Waals surface area contributed by atoms with Gasteiger partial charge in [0.2, 0.25) is 0 Å². The summed E-state index contributed by atoms with van der Waals surface area (Å²) in [4.78, 5) is 2.90. The van der Waals surface area contributed by atoms with E-state index in [1.165, 1.54) is 51.5 Å². The van der Waals surface area contributed by atoms with Crippen molar-refractivity contribution >= 4 is 0 Å². The predicted molar refractivity (Wildman–Crippen MR) is 83.5 cm³/mol. The number of nitrogens with zero attached hydrogens (tertiary/aromatic N) is 1. The fraction of sp³-hybridized carbons (Fsp3) is 1.00. The second kappa shape index (κ2) is 7.08. The molecular weight excluding hydrogens is 232 g/mol. The first-order valence-electron chi connectivity index (χ1n) is 8.71. The van der Waals surface area contributed by atoms with E-state index in [2.05, 4.69) is 37.9 Å². The zero-order valence-corrected chi connectivity index (χ0v) is 13.5. The number of fused-ring (bicyclic) bond motifs is 2.